The van der Waals surface area contributed by atoms with Crippen molar-refractivity contribution in [1.29, 1.82) is 0 Å². The maximum Gasteiger partial charge on any atom is 0.306 e. The Labute approximate surface area is 363 Å². The summed E-state index contributed by atoms with van der Waals surface area (Å²) in [5, 5.41) is 40.1. The smallest absolute Gasteiger partial charge is 0.306 e. The molecule has 6 atom stereocenters. The molecule has 1 heterocycles. The Hall–Kier alpha value is -0.810. The number of esters is 1. The Morgan fingerprint density at radius 1 is 0.475 bits per heavy atom. The lowest BCUT2D eigenvalue weighted by Gasteiger charge is -2.39. The standard InChI is InChI=1S/C50H98O9/c1-3-5-7-9-11-13-15-16-17-18-19-20-21-22-23-24-25-26-27-28-30-32-34-36-38-40-56-42-44(43-57-50-49(55)48(54)47(53)45(41-51)59-50)58-46(52)39-37-35-33-31-29-14-12-10-8-6-4-2/h44-45,47-51,53-55H,3-43H2,1-2H3. The van der Waals surface area contributed by atoms with Crippen LogP contribution in [0.1, 0.15) is 251 Å². The quantitative estimate of drug-likeness (QED) is 0.0349. The van der Waals surface area contributed by atoms with Crippen molar-refractivity contribution in [2.75, 3.05) is 26.4 Å². The summed E-state index contributed by atoms with van der Waals surface area (Å²) in [6.07, 6.45) is 40.1. The van der Waals surface area contributed by atoms with Gasteiger partial charge >= 0.3 is 5.97 Å². The Bertz CT molecular complexity index is 873. The molecular formula is C50H98O9. The highest BCUT2D eigenvalue weighted by atomic mass is 16.7. The van der Waals surface area contributed by atoms with Gasteiger partial charge in [-0.3, -0.25) is 4.79 Å². The summed E-state index contributed by atoms with van der Waals surface area (Å²) in [5.74, 6) is -0.308. The fourth-order valence-corrected chi connectivity index (χ4v) is 8.26. The van der Waals surface area contributed by atoms with Crippen molar-refractivity contribution < 1.29 is 44.2 Å². The Morgan fingerprint density at radius 2 is 0.831 bits per heavy atom. The summed E-state index contributed by atoms with van der Waals surface area (Å²) in [6, 6.07) is 0. The molecule has 0 amide bonds. The summed E-state index contributed by atoms with van der Waals surface area (Å²) in [4.78, 5) is 12.8. The molecule has 4 N–H and O–H groups in total. The predicted molar refractivity (Wildman–Crippen MR) is 243 cm³/mol. The molecule has 9 nitrogen and oxygen atoms in total. The first-order chi connectivity index (χ1) is 28.9. The zero-order valence-electron chi connectivity index (χ0n) is 38.8. The van der Waals surface area contributed by atoms with E-state index < -0.39 is 43.4 Å². The molecule has 0 saturated carbocycles. The fourth-order valence-electron chi connectivity index (χ4n) is 8.26. The van der Waals surface area contributed by atoms with Crippen LogP contribution in [0.4, 0.5) is 0 Å². The van der Waals surface area contributed by atoms with Crippen LogP contribution in [0.2, 0.25) is 0 Å². The monoisotopic (exact) mass is 843 g/mol. The van der Waals surface area contributed by atoms with Crippen LogP contribution in [0.25, 0.3) is 0 Å². The second-order valence-corrected chi connectivity index (χ2v) is 18.0. The van der Waals surface area contributed by atoms with E-state index in [0.717, 1.165) is 32.1 Å². The summed E-state index contributed by atoms with van der Waals surface area (Å²) in [6.45, 7) is 4.61. The van der Waals surface area contributed by atoms with Gasteiger partial charge in [-0.15, -0.1) is 0 Å². The number of carbonyl (C=O) groups excluding carboxylic acids is 1. The van der Waals surface area contributed by atoms with Crippen LogP contribution in [0.3, 0.4) is 0 Å². The van der Waals surface area contributed by atoms with Crippen molar-refractivity contribution in [2.45, 2.75) is 288 Å². The summed E-state index contributed by atoms with van der Waals surface area (Å²) in [7, 11) is 0. The van der Waals surface area contributed by atoms with Gasteiger partial charge < -0.3 is 39.4 Å². The van der Waals surface area contributed by atoms with Crippen LogP contribution >= 0.6 is 0 Å². The van der Waals surface area contributed by atoms with Crippen LogP contribution in [0.5, 0.6) is 0 Å². The van der Waals surface area contributed by atoms with E-state index in [-0.39, 0.29) is 19.2 Å². The Balaban J connectivity index is 2.11. The third kappa shape index (κ3) is 33.4. The van der Waals surface area contributed by atoms with Crippen molar-refractivity contribution in [1.82, 2.24) is 0 Å². The average molecular weight is 843 g/mol. The number of aliphatic hydroxyl groups excluding tert-OH is 4. The molecule has 0 spiro atoms. The number of hydrogen-bond acceptors (Lipinski definition) is 9. The molecule has 1 rings (SSSR count). The normalized spacial score (nSPS) is 20.0. The topological polar surface area (TPSA) is 135 Å². The lowest BCUT2D eigenvalue weighted by atomic mass is 9.99. The summed E-state index contributed by atoms with van der Waals surface area (Å²) in [5.41, 5.74) is 0. The molecule has 59 heavy (non-hydrogen) atoms. The number of unbranched alkanes of at least 4 members (excludes halogenated alkanes) is 34. The molecule has 1 aliphatic rings. The highest BCUT2D eigenvalue weighted by Gasteiger charge is 2.44. The van der Waals surface area contributed by atoms with Crippen molar-refractivity contribution >= 4 is 5.97 Å². The summed E-state index contributed by atoms with van der Waals surface area (Å²) < 4.78 is 22.9. The van der Waals surface area contributed by atoms with E-state index >= 15 is 0 Å². The fraction of sp³-hybridized carbons (Fsp3) is 0.980. The van der Waals surface area contributed by atoms with Gasteiger partial charge in [-0.2, -0.15) is 0 Å². The number of rotatable bonds is 45. The zero-order chi connectivity index (χ0) is 42.9. The Morgan fingerprint density at radius 3 is 1.20 bits per heavy atom. The molecule has 6 unspecified atom stereocenters. The molecule has 1 aliphatic heterocycles. The largest absolute Gasteiger partial charge is 0.457 e. The molecule has 0 aromatic rings. The van der Waals surface area contributed by atoms with Gasteiger partial charge in [0.2, 0.25) is 0 Å². The maximum atomic E-state index is 12.8. The first-order valence-electron chi connectivity index (χ1n) is 25.6. The molecule has 0 aromatic heterocycles. The van der Waals surface area contributed by atoms with E-state index in [0.29, 0.717) is 13.0 Å². The third-order valence-electron chi connectivity index (χ3n) is 12.3. The molecule has 0 radical (unpaired) electrons. The van der Waals surface area contributed by atoms with E-state index in [9.17, 15) is 25.2 Å². The van der Waals surface area contributed by atoms with Crippen molar-refractivity contribution in [3.8, 4) is 0 Å². The number of ether oxygens (including phenoxy) is 4. The van der Waals surface area contributed by atoms with Gasteiger partial charge in [0.05, 0.1) is 19.8 Å². The van der Waals surface area contributed by atoms with Crippen LogP contribution in [-0.4, -0.2) is 89.6 Å². The van der Waals surface area contributed by atoms with Gasteiger partial charge in [0.25, 0.3) is 0 Å². The van der Waals surface area contributed by atoms with Gasteiger partial charge in [-0.1, -0.05) is 232 Å². The molecule has 1 saturated heterocycles. The first-order valence-corrected chi connectivity index (χ1v) is 25.6. The number of hydrogen-bond donors (Lipinski definition) is 4. The van der Waals surface area contributed by atoms with E-state index in [4.69, 9.17) is 18.9 Å². The van der Waals surface area contributed by atoms with E-state index in [1.807, 2.05) is 0 Å². The van der Waals surface area contributed by atoms with E-state index in [2.05, 4.69) is 13.8 Å². The second kappa shape index (κ2) is 42.5. The minimum atomic E-state index is -1.53. The average Bonchev–Trinajstić information content (AvgIpc) is 3.24. The minimum Gasteiger partial charge on any atom is -0.457 e. The van der Waals surface area contributed by atoms with E-state index in [1.54, 1.807) is 0 Å². The lowest BCUT2D eigenvalue weighted by Crippen LogP contribution is -2.59. The molecular weight excluding hydrogens is 745 g/mol. The van der Waals surface area contributed by atoms with Crippen LogP contribution in [-0.2, 0) is 23.7 Å². The lowest BCUT2D eigenvalue weighted by molar-refractivity contribution is -0.305. The molecule has 0 aromatic carbocycles. The van der Waals surface area contributed by atoms with Crippen LogP contribution < -0.4 is 0 Å². The number of aliphatic hydroxyl groups is 4. The van der Waals surface area contributed by atoms with Crippen molar-refractivity contribution in [3.05, 3.63) is 0 Å². The summed E-state index contributed by atoms with van der Waals surface area (Å²) >= 11 is 0. The van der Waals surface area contributed by atoms with Gasteiger partial charge in [0, 0.05) is 13.0 Å². The molecule has 9 heteroatoms. The molecule has 0 bridgehead atoms. The van der Waals surface area contributed by atoms with Crippen LogP contribution in [0, 0.1) is 0 Å². The maximum absolute atomic E-state index is 12.8. The zero-order valence-corrected chi connectivity index (χ0v) is 38.8. The first kappa shape index (κ1) is 56.2. The van der Waals surface area contributed by atoms with Gasteiger partial charge in [-0.25, -0.2) is 0 Å². The van der Waals surface area contributed by atoms with E-state index in [1.165, 1.54) is 199 Å². The van der Waals surface area contributed by atoms with Gasteiger partial charge in [-0.05, 0) is 12.8 Å². The van der Waals surface area contributed by atoms with Gasteiger partial charge in [0.1, 0.15) is 30.5 Å². The molecule has 352 valence electrons. The highest BCUT2D eigenvalue weighted by Crippen LogP contribution is 2.23. The van der Waals surface area contributed by atoms with Gasteiger partial charge in [0.15, 0.2) is 6.29 Å². The van der Waals surface area contributed by atoms with Crippen molar-refractivity contribution in [2.24, 2.45) is 0 Å². The molecule has 0 aliphatic carbocycles. The van der Waals surface area contributed by atoms with Crippen molar-refractivity contribution in [3.63, 3.8) is 0 Å². The van der Waals surface area contributed by atoms with Crippen LogP contribution in [0.15, 0.2) is 0 Å². The highest BCUT2D eigenvalue weighted by molar-refractivity contribution is 5.69. The third-order valence-corrected chi connectivity index (χ3v) is 12.3. The minimum absolute atomic E-state index is 0.105. The second-order valence-electron chi connectivity index (χ2n) is 18.0. The number of carbonyl (C=O) groups is 1. The predicted octanol–water partition coefficient (Wildman–Crippen LogP) is 12.2. The SMILES string of the molecule is CCCCCCCCCCCCCCCCCCCCCCCCCCCOCC(COC1OC(CO)C(O)C(O)C1O)OC(=O)CCCCCCCCCCCCC. The molecule has 1 fully saturated rings. The Kier molecular flexibility index (Phi) is 40.5.